The Morgan fingerprint density at radius 2 is 2.00 bits per heavy atom. The molecule has 6 heteroatoms. The second kappa shape index (κ2) is 5.50. The summed E-state index contributed by atoms with van der Waals surface area (Å²) in [6.45, 7) is 2.47. The minimum absolute atomic E-state index is 0.0439. The van der Waals surface area contributed by atoms with Gasteiger partial charge in [-0.05, 0) is 12.1 Å². The third kappa shape index (κ3) is 2.98. The normalized spacial score (nSPS) is 15.2. The molecule has 1 aliphatic heterocycles. The molecule has 2 rings (SSSR count). The number of phenols is 1. The Morgan fingerprint density at radius 1 is 1.28 bits per heavy atom. The predicted octanol–water partition coefficient (Wildman–Crippen LogP) is -0.238. The molecule has 1 saturated heterocycles. The van der Waals surface area contributed by atoms with E-state index in [9.17, 15) is 14.7 Å². The maximum Gasteiger partial charge on any atom is 0.313 e. The Hall–Kier alpha value is -2.08. The summed E-state index contributed by atoms with van der Waals surface area (Å²) < 4.78 is 0. The van der Waals surface area contributed by atoms with Gasteiger partial charge in [-0.15, -0.1) is 0 Å². The summed E-state index contributed by atoms with van der Waals surface area (Å²) in [6.07, 6.45) is 0. The van der Waals surface area contributed by atoms with E-state index >= 15 is 0 Å². The van der Waals surface area contributed by atoms with Crippen molar-refractivity contribution in [1.29, 1.82) is 0 Å². The quantitative estimate of drug-likeness (QED) is 0.600. The van der Waals surface area contributed by atoms with E-state index in [1.165, 1.54) is 17.0 Å². The van der Waals surface area contributed by atoms with Crippen molar-refractivity contribution in [2.45, 2.75) is 0 Å². The van der Waals surface area contributed by atoms with Crippen molar-refractivity contribution < 1.29 is 14.7 Å². The van der Waals surface area contributed by atoms with Crippen molar-refractivity contribution in [2.75, 3.05) is 31.5 Å². The first-order valence-corrected chi connectivity index (χ1v) is 5.77. The number of benzene rings is 1. The topological polar surface area (TPSA) is 81.7 Å². The van der Waals surface area contributed by atoms with Gasteiger partial charge in [0.05, 0.1) is 0 Å². The monoisotopic (exact) mass is 249 g/mol. The number of amides is 2. The van der Waals surface area contributed by atoms with Crippen molar-refractivity contribution in [3.8, 4) is 5.75 Å². The molecule has 0 spiro atoms. The zero-order valence-corrected chi connectivity index (χ0v) is 9.85. The van der Waals surface area contributed by atoms with Crippen LogP contribution in [0.1, 0.15) is 0 Å². The van der Waals surface area contributed by atoms with Crippen LogP contribution >= 0.6 is 0 Å². The number of nitrogens with one attached hydrogen (secondary N) is 2. The number of anilines is 1. The van der Waals surface area contributed by atoms with Crippen molar-refractivity contribution in [3.63, 3.8) is 0 Å². The molecule has 3 N–H and O–H groups in total. The summed E-state index contributed by atoms with van der Waals surface area (Å²) in [5, 5.41) is 14.8. The molecule has 1 aromatic carbocycles. The van der Waals surface area contributed by atoms with Crippen LogP contribution in [0, 0.1) is 0 Å². The van der Waals surface area contributed by atoms with E-state index in [2.05, 4.69) is 10.6 Å². The number of hydrogen-bond acceptors (Lipinski definition) is 4. The van der Waals surface area contributed by atoms with Crippen LogP contribution in [0.3, 0.4) is 0 Å². The molecule has 0 unspecified atom stereocenters. The van der Waals surface area contributed by atoms with Gasteiger partial charge in [0.25, 0.3) is 0 Å². The van der Waals surface area contributed by atoms with Crippen LogP contribution in [0.15, 0.2) is 24.3 Å². The standard InChI is InChI=1S/C12H15N3O3/c16-10-3-1-2-9(8-10)14-11(17)12(18)15-6-4-13-5-7-15/h1-3,8,13,16H,4-7H2,(H,14,17). The number of piperazine rings is 1. The molecule has 0 aromatic heterocycles. The highest BCUT2D eigenvalue weighted by Crippen LogP contribution is 2.15. The molecule has 2 amide bonds. The molecule has 1 fully saturated rings. The van der Waals surface area contributed by atoms with E-state index < -0.39 is 11.8 Å². The maximum absolute atomic E-state index is 11.8. The van der Waals surface area contributed by atoms with E-state index in [0.717, 1.165) is 0 Å². The highest BCUT2D eigenvalue weighted by atomic mass is 16.3. The first-order valence-electron chi connectivity index (χ1n) is 5.77. The van der Waals surface area contributed by atoms with Gasteiger partial charge in [0, 0.05) is 37.9 Å². The fourth-order valence-corrected chi connectivity index (χ4v) is 1.78. The number of phenolic OH excluding ortho intramolecular Hbond substituents is 1. The first kappa shape index (κ1) is 12.4. The van der Waals surface area contributed by atoms with E-state index in [1.54, 1.807) is 12.1 Å². The molecule has 0 saturated carbocycles. The zero-order valence-electron chi connectivity index (χ0n) is 9.85. The molecule has 96 valence electrons. The second-order valence-corrected chi connectivity index (χ2v) is 4.05. The average molecular weight is 249 g/mol. The number of carbonyl (C=O) groups is 2. The fourth-order valence-electron chi connectivity index (χ4n) is 1.78. The van der Waals surface area contributed by atoms with Crippen LogP contribution in [0.4, 0.5) is 5.69 Å². The number of rotatable bonds is 1. The van der Waals surface area contributed by atoms with E-state index in [4.69, 9.17) is 0 Å². The zero-order chi connectivity index (χ0) is 13.0. The molecule has 1 aliphatic rings. The van der Waals surface area contributed by atoms with Gasteiger partial charge < -0.3 is 20.6 Å². The lowest BCUT2D eigenvalue weighted by atomic mass is 10.3. The summed E-state index contributed by atoms with van der Waals surface area (Å²) in [5.41, 5.74) is 0.406. The van der Waals surface area contributed by atoms with Gasteiger partial charge in [0.2, 0.25) is 0 Å². The highest BCUT2D eigenvalue weighted by Gasteiger charge is 2.23. The lowest BCUT2D eigenvalue weighted by Gasteiger charge is -2.26. The van der Waals surface area contributed by atoms with Crippen molar-refractivity contribution in [3.05, 3.63) is 24.3 Å². The summed E-state index contributed by atoms with van der Waals surface area (Å²) in [4.78, 5) is 25.0. The maximum atomic E-state index is 11.8. The van der Waals surface area contributed by atoms with Gasteiger partial charge in [-0.3, -0.25) is 9.59 Å². The van der Waals surface area contributed by atoms with Crippen molar-refractivity contribution >= 4 is 17.5 Å². The highest BCUT2D eigenvalue weighted by molar-refractivity contribution is 6.39. The van der Waals surface area contributed by atoms with E-state index in [1.807, 2.05) is 0 Å². The predicted molar refractivity (Wildman–Crippen MR) is 66.2 cm³/mol. The Balaban J connectivity index is 1.96. The molecule has 0 bridgehead atoms. The number of nitrogens with zero attached hydrogens (tertiary/aromatic N) is 1. The minimum atomic E-state index is -0.678. The van der Waals surface area contributed by atoms with Gasteiger partial charge in [-0.25, -0.2) is 0 Å². The lowest BCUT2D eigenvalue weighted by Crippen LogP contribution is -2.49. The second-order valence-electron chi connectivity index (χ2n) is 4.05. The molecule has 0 atom stereocenters. The first-order chi connectivity index (χ1) is 8.66. The molecule has 6 nitrogen and oxygen atoms in total. The van der Waals surface area contributed by atoms with Crippen LogP contribution in [0.2, 0.25) is 0 Å². The van der Waals surface area contributed by atoms with Crippen LogP contribution in [0.25, 0.3) is 0 Å². The summed E-state index contributed by atoms with van der Waals surface area (Å²) in [5.74, 6) is -1.18. The van der Waals surface area contributed by atoms with Gasteiger partial charge in [0.15, 0.2) is 0 Å². The van der Waals surface area contributed by atoms with Crippen molar-refractivity contribution in [1.82, 2.24) is 10.2 Å². The number of hydrogen-bond donors (Lipinski definition) is 3. The smallest absolute Gasteiger partial charge is 0.313 e. The van der Waals surface area contributed by atoms with Gasteiger partial charge in [0.1, 0.15) is 5.75 Å². The molecular formula is C12H15N3O3. The van der Waals surface area contributed by atoms with E-state index in [0.29, 0.717) is 31.9 Å². The molecule has 1 heterocycles. The Bertz CT molecular complexity index is 456. The van der Waals surface area contributed by atoms with Crippen molar-refractivity contribution in [2.24, 2.45) is 0 Å². The minimum Gasteiger partial charge on any atom is -0.508 e. The molecule has 18 heavy (non-hydrogen) atoms. The third-order valence-electron chi connectivity index (χ3n) is 2.70. The Morgan fingerprint density at radius 3 is 2.67 bits per heavy atom. The summed E-state index contributed by atoms with van der Waals surface area (Å²) in [7, 11) is 0. The summed E-state index contributed by atoms with van der Waals surface area (Å²) in [6, 6.07) is 6.10. The molecular weight excluding hydrogens is 234 g/mol. The summed E-state index contributed by atoms with van der Waals surface area (Å²) >= 11 is 0. The largest absolute Gasteiger partial charge is 0.508 e. The van der Waals surface area contributed by atoms with Gasteiger partial charge in [-0.1, -0.05) is 6.07 Å². The Kier molecular flexibility index (Phi) is 3.78. The molecule has 1 aromatic rings. The molecule has 0 aliphatic carbocycles. The van der Waals surface area contributed by atoms with Crippen LogP contribution in [-0.4, -0.2) is 48.0 Å². The van der Waals surface area contributed by atoms with Crippen LogP contribution in [0.5, 0.6) is 5.75 Å². The SMILES string of the molecule is O=C(Nc1cccc(O)c1)C(=O)N1CCNCC1. The number of carbonyl (C=O) groups excluding carboxylic acids is 2. The third-order valence-corrected chi connectivity index (χ3v) is 2.70. The number of aromatic hydroxyl groups is 1. The molecule has 0 radical (unpaired) electrons. The van der Waals surface area contributed by atoms with Crippen LogP contribution in [-0.2, 0) is 9.59 Å². The van der Waals surface area contributed by atoms with Gasteiger partial charge in [-0.2, -0.15) is 0 Å². The van der Waals surface area contributed by atoms with Gasteiger partial charge >= 0.3 is 11.8 Å². The lowest BCUT2D eigenvalue weighted by molar-refractivity contribution is -0.143. The van der Waals surface area contributed by atoms with E-state index in [-0.39, 0.29) is 5.75 Å². The average Bonchev–Trinajstić information content (AvgIpc) is 2.39. The van der Waals surface area contributed by atoms with Crippen LogP contribution < -0.4 is 10.6 Å². The fraction of sp³-hybridized carbons (Fsp3) is 0.333. The Labute approximate surface area is 105 Å².